The molecule has 3 atom stereocenters. The van der Waals surface area contributed by atoms with E-state index < -0.39 is 0 Å². The van der Waals surface area contributed by atoms with Crippen LogP contribution in [0.2, 0.25) is 0 Å². The summed E-state index contributed by atoms with van der Waals surface area (Å²) < 4.78 is 0. The number of hydrogen-bond donors (Lipinski definition) is 0. The van der Waals surface area contributed by atoms with Crippen molar-refractivity contribution < 1.29 is 0 Å². The molecule has 3 unspecified atom stereocenters. The van der Waals surface area contributed by atoms with Crippen LogP contribution < -0.4 is 0 Å². The van der Waals surface area contributed by atoms with Gasteiger partial charge in [-0.15, -0.1) is 0 Å². The fraction of sp³-hybridized carbons (Fsp3) is 0.818. The highest BCUT2D eigenvalue weighted by Gasteiger charge is 2.23. The smallest absolute Gasteiger partial charge is 0.0200 e. The maximum absolute atomic E-state index is 4.04. The molecule has 0 nitrogen and oxygen atoms in total. The summed E-state index contributed by atoms with van der Waals surface area (Å²) in [5, 5.41) is 0. The SMILES string of the molecule is C=C(CC)CC(C)CCC(C)C.C=C/C=C1/CCCC(CCC)C1C.CC.CC.CCCC. The van der Waals surface area contributed by atoms with Crippen molar-refractivity contribution in [2.45, 2.75) is 154 Å². The molecule has 1 saturated carbocycles. The van der Waals surface area contributed by atoms with Gasteiger partial charge >= 0.3 is 0 Å². The minimum Gasteiger partial charge on any atom is -0.0999 e. The molecule has 200 valence electrons. The van der Waals surface area contributed by atoms with Gasteiger partial charge in [0.1, 0.15) is 0 Å². The van der Waals surface area contributed by atoms with Crippen LogP contribution in [0.15, 0.2) is 36.5 Å². The molecule has 0 aliphatic heterocycles. The van der Waals surface area contributed by atoms with Crippen LogP contribution >= 0.6 is 0 Å². The second kappa shape index (κ2) is 31.2. The third-order valence-electron chi connectivity index (χ3n) is 6.20. The van der Waals surface area contributed by atoms with Gasteiger partial charge in [0.25, 0.3) is 0 Å². The van der Waals surface area contributed by atoms with Crippen LogP contribution in [0.1, 0.15) is 154 Å². The summed E-state index contributed by atoms with van der Waals surface area (Å²) in [6.07, 6.45) is 18.7. The molecule has 0 N–H and O–H groups in total. The topological polar surface area (TPSA) is 0 Å². The van der Waals surface area contributed by atoms with Crippen LogP contribution in [-0.2, 0) is 0 Å². The largest absolute Gasteiger partial charge is 0.0999 e. The quantitative estimate of drug-likeness (QED) is 0.282. The Hall–Kier alpha value is -0.780. The summed E-state index contributed by atoms with van der Waals surface area (Å²) >= 11 is 0. The van der Waals surface area contributed by atoms with Crippen molar-refractivity contribution in [2.24, 2.45) is 23.7 Å². The first-order valence-electron chi connectivity index (χ1n) is 14.7. The van der Waals surface area contributed by atoms with E-state index in [9.17, 15) is 0 Å². The van der Waals surface area contributed by atoms with E-state index in [4.69, 9.17) is 0 Å². The molecule has 0 spiro atoms. The maximum atomic E-state index is 4.04. The third kappa shape index (κ3) is 27.3. The molecular weight excluding hydrogens is 396 g/mol. The maximum Gasteiger partial charge on any atom is -0.0200 e. The Morgan fingerprint density at radius 1 is 0.939 bits per heavy atom. The highest BCUT2D eigenvalue weighted by Crippen LogP contribution is 2.36. The van der Waals surface area contributed by atoms with Gasteiger partial charge in [0.15, 0.2) is 0 Å². The lowest BCUT2D eigenvalue weighted by atomic mass is 9.75. The lowest BCUT2D eigenvalue weighted by Gasteiger charge is -2.31. The number of hydrogen-bond acceptors (Lipinski definition) is 0. The molecule has 1 aliphatic carbocycles. The minimum absolute atomic E-state index is 0.798. The summed E-state index contributed by atoms with van der Waals surface area (Å²) in [6, 6.07) is 0. The van der Waals surface area contributed by atoms with E-state index in [0.29, 0.717) is 0 Å². The molecule has 1 rings (SSSR count). The van der Waals surface area contributed by atoms with E-state index in [1.54, 1.807) is 5.57 Å². The molecule has 0 aromatic carbocycles. The molecular formula is C33H68. The monoisotopic (exact) mass is 465 g/mol. The number of allylic oxidation sites excluding steroid dienone is 4. The van der Waals surface area contributed by atoms with Crippen molar-refractivity contribution in [2.75, 3.05) is 0 Å². The summed E-state index contributed by atoms with van der Waals surface area (Å²) in [6.45, 7) is 34.0. The Kier molecular flexibility index (Phi) is 37.3. The Morgan fingerprint density at radius 3 is 1.88 bits per heavy atom. The van der Waals surface area contributed by atoms with Crippen molar-refractivity contribution in [3.63, 3.8) is 0 Å². The normalized spacial score (nSPS) is 18.8. The average Bonchev–Trinajstić information content (AvgIpc) is 2.83. The summed E-state index contributed by atoms with van der Waals surface area (Å²) in [5.41, 5.74) is 3.03. The molecule has 1 fully saturated rings. The van der Waals surface area contributed by atoms with Gasteiger partial charge in [0, 0.05) is 0 Å². The minimum atomic E-state index is 0.798. The first kappa shape index (κ1) is 39.4. The van der Waals surface area contributed by atoms with Crippen LogP contribution in [0.3, 0.4) is 0 Å². The van der Waals surface area contributed by atoms with Gasteiger partial charge in [-0.05, 0) is 55.8 Å². The zero-order valence-electron chi connectivity index (χ0n) is 25.7. The molecule has 0 bridgehead atoms. The van der Waals surface area contributed by atoms with Gasteiger partial charge < -0.3 is 0 Å². The van der Waals surface area contributed by atoms with Gasteiger partial charge in [0.05, 0.1) is 0 Å². The number of rotatable bonds is 10. The Bertz CT molecular complexity index is 408. The predicted molar refractivity (Wildman–Crippen MR) is 160 cm³/mol. The van der Waals surface area contributed by atoms with E-state index in [1.807, 2.05) is 33.8 Å². The average molecular weight is 465 g/mol. The zero-order valence-corrected chi connectivity index (χ0v) is 25.7. The van der Waals surface area contributed by atoms with Crippen LogP contribution in [0.5, 0.6) is 0 Å². The molecule has 33 heavy (non-hydrogen) atoms. The first-order valence-corrected chi connectivity index (χ1v) is 14.7. The molecule has 1 aliphatic rings. The van der Waals surface area contributed by atoms with E-state index in [0.717, 1.165) is 30.1 Å². The first-order chi connectivity index (χ1) is 15.8. The van der Waals surface area contributed by atoms with E-state index >= 15 is 0 Å². The second-order valence-electron chi connectivity index (χ2n) is 9.59. The van der Waals surface area contributed by atoms with Crippen molar-refractivity contribution in [1.82, 2.24) is 0 Å². The molecule has 0 aromatic rings. The molecule has 0 aromatic heterocycles. The molecule has 0 heterocycles. The summed E-state index contributed by atoms with van der Waals surface area (Å²) in [4.78, 5) is 0. The molecule has 0 radical (unpaired) electrons. The molecule has 0 heteroatoms. The Morgan fingerprint density at radius 2 is 1.48 bits per heavy atom. The fourth-order valence-electron chi connectivity index (χ4n) is 3.86. The van der Waals surface area contributed by atoms with Crippen molar-refractivity contribution >= 4 is 0 Å². The zero-order chi connectivity index (χ0) is 26.7. The van der Waals surface area contributed by atoms with Gasteiger partial charge in [0.2, 0.25) is 0 Å². The molecule has 0 saturated heterocycles. The van der Waals surface area contributed by atoms with E-state index in [2.05, 4.69) is 74.6 Å². The number of unbranched alkanes of at least 4 members (excludes halogenated alkanes) is 1. The predicted octanol–water partition coefficient (Wildman–Crippen LogP) is 12.6. The Labute approximate surface area is 213 Å². The van der Waals surface area contributed by atoms with Crippen molar-refractivity contribution in [1.29, 1.82) is 0 Å². The fourth-order valence-corrected chi connectivity index (χ4v) is 3.86. The lowest BCUT2D eigenvalue weighted by Crippen LogP contribution is -2.18. The highest BCUT2D eigenvalue weighted by molar-refractivity contribution is 5.15. The van der Waals surface area contributed by atoms with Crippen molar-refractivity contribution in [3.05, 3.63) is 36.5 Å². The van der Waals surface area contributed by atoms with Crippen LogP contribution in [-0.4, -0.2) is 0 Å². The summed E-state index contributed by atoms with van der Waals surface area (Å²) in [7, 11) is 0. The Balaban J connectivity index is -0.000000195. The van der Waals surface area contributed by atoms with Gasteiger partial charge in [-0.2, -0.15) is 0 Å². The van der Waals surface area contributed by atoms with E-state index in [1.165, 1.54) is 69.8 Å². The van der Waals surface area contributed by atoms with Crippen molar-refractivity contribution in [3.8, 4) is 0 Å². The van der Waals surface area contributed by atoms with Crippen LogP contribution in [0.25, 0.3) is 0 Å². The van der Waals surface area contributed by atoms with E-state index in [-0.39, 0.29) is 0 Å². The standard InChI is InChI=1S/C13H22.C12H24.C4H10.2C2H6/c1-4-7-12-9-6-10-13(8-5-2)11(12)3;1-6-11(4)9-12(5)8-7-10(2)3;1-3-4-2;2*1-2/h4,7,11,13H,1,5-6,8-10H2,2-3H3;10,12H,4,6-9H2,1-3,5H3;3-4H2,1-2H3;2*1-2H3/b12-7-;;;;. The van der Waals surface area contributed by atoms with Crippen LogP contribution in [0, 0.1) is 23.7 Å². The summed E-state index contributed by atoms with van der Waals surface area (Å²) in [5.74, 6) is 3.42. The second-order valence-corrected chi connectivity index (χ2v) is 9.59. The van der Waals surface area contributed by atoms with Gasteiger partial charge in [-0.3, -0.25) is 0 Å². The highest BCUT2D eigenvalue weighted by atomic mass is 14.3. The van der Waals surface area contributed by atoms with Gasteiger partial charge in [-0.25, -0.2) is 0 Å². The van der Waals surface area contributed by atoms with Crippen LogP contribution in [0.4, 0.5) is 0 Å². The lowest BCUT2D eigenvalue weighted by molar-refractivity contribution is 0.301. The van der Waals surface area contributed by atoms with Gasteiger partial charge in [-0.1, -0.05) is 158 Å². The molecule has 0 amide bonds. The third-order valence-corrected chi connectivity index (χ3v) is 6.20.